The number of aromatic amines is 1. The zero-order chi connectivity index (χ0) is 22.9. The fourth-order valence-electron chi connectivity index (χ4n) is 2.91. The van der Waals surface area contributed by atoms with Crippen molar-refractivity contribution in [1.82, 2.24) is 14.8 Å². The molecule has 0 fully saturated rings. The molecule has 0 spiro atoms. The fourth-order valence-corrected chi connectivity index (χ4v) is 4.21. The molecule has 0 aliphatic heterocycles. The number of nitrogens with zero attached hydrogens (tertiary/aromatic N) is 2. The van der Waals surface area contributed by atoms with Crippen LogP contribution in [0.4, 0.5) is 0 Å². The monoisotopic (exact) mass is 505 g/mol. The van der Waals surface area contributed by atoms with E-state index in [4.69, 9.17) is 39.0 Å². The maximum Gasteiger partial charge on any atom is 0.349 e. The molecule has 3 rings (SSSR count). The number of aromatic nitrogens is 3. The summed E-state index contributed by atoms with van der Waals surface area (Å²) in [5.74, 6) is -1.12. The van der Waals surface area contributed by atoms with Gasteiger partial charge in [-0.1, -0.05) is 46.9 Å². The van der Waals surface area contributed by atoms with Crippen molar-refractivity contribution >= 4 is 44.9 Å². The lowest BCUT2D eigenvalue weighted by Crippen LogP contribution is -2.30. The van der Waals surface area contributed by atoms with Crippen molar-refractivity contribution in [1.29, 1.82) is 0 Å². The predicted octanol–water partition coefficient (Wildman–Crippen LogP) is 2.31. The van der Waals surface area contributed by atoms with Crippen LogP contribution in [0.3, 0.4) is 0 Å². The molecular formula is C18H14Cl3N3O6S. The summed E-state index contributed by atoms with van der Waals surface area (Å²) in [6.45, 7) is 0. The van der Waals surface area contributed by atoms with Gasteiger partial charge in [-0.2, -0.15) is 18.2 Å². The van der Waals surface area contributed by atoms with E-state index in [1.54, 1.807) is 12.1 Å². The molecule has 0 saturated carbocycles. The van der Waals surface area contributed by atoms with Gasteiger partial charge in [0.15, 0.2) is 6.29 Å². The van der Waals surface area contributed by atoms with Crippen molar-refractivity contribution in [3.63, 3.8) is 0 Å². The van der Waals surface area contributed by atoms with E-state index in [1.165, 1.54) is 24.3 Å². The van der Waals surface area contributed by atoms with Crippen LogP contribution in [0, 0.1) is 0 Å². The Hall–Kier alpha value is -2.21. The minimum Gasteiger partial charge on any atom is -0.366 e. The second kappa shape index (κ2) is 9.11. The highest BCUT2D eigenvalue weighted by Crippen LogP contribution is 2.40. The predicted molar refractivity (Wildman–Crippen MR) is 116 cm³/mol. The zero-order valence-electron chi connectivity index (χ0n) is 15.6. The van der Waals surface area contributed by atoms with E-state index in [-0.39, 0.29) is 21.3 Å². The highest BCUT2D eigenvalue weighted by molar-refractivity contribution is 7.86. The van der Waals surface area contributed by atoms with E-state index in [1.807, 2.05) is 0 Å². The van der Waals surface area contributed by atoms with Crippen LogP contribution in [-0.2, 0) is 14.3 Å². The van der Waals surface area contributed by atoms with Gasteiger partial charge in [0.05, 0.1) is 17.9 Å². The minimum atomic E-state index is -4.03. The van der Waals surface area contributed by atoms with Crippen LogP contribution in [0.25, 0.3) is 5.69 Å². The van der Waals surface area contributed by atoms with E-state index in [0.29, 0.717) is 10.6 Å². The van der Waals surface area contributed by atoms with E-state index < -0.39 is 33.6 Å². The maximum atomic E-state index is 12.0. The average Bonchev–Trinajstić information content (AvgIpc) is 2.64. The smallest absolute Gasteiger partial charge is 0.349 e. The highest BCUT2D eigenvalue weighted by Gasteiger charge is 2.31. The van der Waals surface area contributed by atoms with Crippen molar-refractivity contribution in [2.75, 3.05) is 6.26 Å². The van der Waals surface area contributed by atoms with E-state index in [0.717, 1.165) is 17.1 Å². The van der Waals surface area contributed by atoms with Crippen molar-refractivity contribution in [3.8, 4) is 5.69 Å². The van der Waals surface area contributed by atoms with Gasteiger partial charge in [-0.25, -0.2) is 8.98 Å². The summed E-state index contributed by atoms with van der Waals surface area (Å²) in [5, 5.41) is 14.7. The second-order valence-electron chi connectivity index (χ2n) is 6.39. The van der Waals surface area contributed by atoms with Gasteiger partial charge >= 0.3 is 5.69 Å². The molecule has 1 heterocycles. The Balaban J connectivity index is 2.17. The molecule has 2 aromatic carbocycles. The molecule has 0 radical (unpaired) electrons. The average molecular weight is 507 g/mol. The van der Waals surface area contributed by atoms with Crippen LogP contribution >= 0.6 is 34.8 Å². The minimum absolute atomic E-state index is 0.0153. The molecule has 2 N–H and O–H groups in total. The van der Waals surface area contributed by atoms with Gasteiger partial charge in [0, 0.05) is 20.6 Å². The van der Waals surface area contributed by atoms with Crippen molar-refractivity contribution in [3.05, 3.63) is 89.6 Å². The van der Waals surface area contributed by atoms with Gasteiger partial charge in [-0.3, -0.25) is 9.78 Å². The summed E-state index contributed by atoms with van der Waals surface area (Å²) in [4.78, 5) is 25.3. The van der Waals surface area contributed by atoms with Crippen LogP contribution in [0.2, 0.25) is 15.1 Å². The molecule has 1 aromatic heterocycles. The Morgan fingerprint density at radius 2 is 1.68 bits per heavy atom. The molecule has 3 aromatic rings. The van der Waals surface area contributed by atoms with Crippen LogP contribution in [0.15, 0.2) is 52.2 Å². The largest absolute Gasteiger partial charge is 0.366 e. The van der Waals surface area contributed by atoms with Crippen LogP contribution in [-0.4, -0.2) is 40.8 Å². The van der Waals surface area contributed by atoms with Gasteiger partial charge in [0.25, 0.3) is 15.7 Å². The summed E-state index contributed by atoms with van der Waals surface area (Å²) in [6, 6.07) is 8.83. The van der Waals surface area contributed by atoms with E-state index in [2.05, 4.69) is 10.1 Å². The second-order valence-corrected chi connectivity index (χ2v) is 9.25. The topological polar surface area (TPSA) is 131 Å². The molecule has 0 aliphatic rings. The third-order valence-corrected chi connectivity index (χ3v) is 5.54. The summed E-state index contributed by atoms with van der Waals surface area (Å²) < 4.78 is 28.8. The molecular weight excluding hydrogens is 493 g/mol. The first-order chi connectivity index (χ1) is 14.5. The summed E-state index contributed by atoms with van der Waals surface area (Å²) in [5.41, 5.74) is -0.811. The number of H-pyrrole nitrogens is 1. The lowest BCUT2D eigenvalue weighted by molar-refractivity contribution is -0.0231. The molecule has 2 unspecified atom stereocenters. The Bertz CT molecular complexity index is 1320. The third-order valence-electron chi connectivity index (χ3n) is 4.12. The maximum absolute atomic E-state index is 12.0. The molecule has 13 heteroatoms. The summed E-state index contributed by atoms with van der Waals surface area (Å²) in [7, 11) is -4.03. The van der Waals surface area contributed by atoms with Crippen molar-refractivity contribution < 1.29 is 17.7 Å². The highest BCUT2D eigenvalue weighted by atomic mass is 35.5. The normalized spacial score (nSPS) is 13.7. The number of rotatable bonds is 6. The van der Waals surface area contributed by atoms with Gasteiger partial charge in [-0.05, 0) is 29.8 Å². The number of aliphatic hydroxyl groups is 1. The summed E-state index contributed by atoms with van der Waals surface area (Å²) >= 11 is 18.8. The number of hydrogen-bond donors (Lipinski definition) is 2. The Morgan fingerprint density at radius 1 is 1.10 bits per heavy atom. The number of aliphatic hydroxyl groups excluding tert-OH is 1. The van der Waals surface area contributed by atoms with Crippen LogP contribution < -0.4 is 11.2 Å². The molecule has 0 saturated heterocycles. The molecule has 31 heavy (non-hydrogen) atoms. The lowest BCUT2D eigenvalue weighted by Gasteiger charge is -2.25. The van der Waals surface area contributed by atoms with E-state index in [9.17, 15) is 23.1 Å². The first-order valence-corrected chi connectivity index (χ1v) is 11.4. The molecule has 164 valence electrons. The quantitative estimate of drug-likeness (QED) is 0.387. The van der Waals surface area contributed by atoms with Gasteiger partial charge in [-0.15, -0.1) is 0 Å². The Morgan fingerprint density at radius 3 is 2.19 bits per heavy atom. The van der Waals surface area contributed by atoms with Gasteiger partial charge < -0.3 is 5.11 Å². The van der Waals surface area contributed by atoms with Crippen molar-refractivity contribution in [2.45, 2.75) is 12.2 Å². The van der Waals surface area contributed by atoms with Crippen molar-refractivity contribution in [2.24, 2.45) is 0 Å². The summed E-state index contributed by atoms with van der Waals surface area (Å²) in [6.07, 6.45) is -0.182. The van der Waals surface area contributed by atoms with Crippen LogP contribution in [0.5, 0.6) is 0 Å². The SMILES string of the molecule is CS(=O)(=O)OC(O)C(c1ccc(Cl)cc1)c1c(Cl)cc(-n2ncc(=O)[nH]c2=O)cc1Cl. The standard InChI is InChI=1S/C18H14Cl3N3O6S/c1-31(28,29)30-17(26)15(9-2-4-10(19)5-3-9)16-12(20)6-11(7-13(16)21)24-18(27)23-14(25)8-22-24/h2-8,15,17,26H,1H3,(H,23,25,27). The van der Waals surface area contributed by atoms with E-state index >= 15 is 0 Å². The molecule has 2 atom stereocenters. The zero-order valence-corrected chi connectivity index (χ0v) is 18.7. The molecule has 0 amide bonds. The molecule has 0 bridgehead atoms. The Kier molecular flexibility index (Phi) is 6.89. The number of hydrogen-bond acceptors (Lipinski definition) is 7. The molecule has 9 nitrogen and oxygen atoms in total. The Labute approximate surface area is 190 Å². The molecule has 0 aliphatic carbocycles. The number of halogens is 3. The lowest BCUT2D eigenvalue weighted by atomic mass is 9.90. The number of nitrogens with one attached hydrogen (secondary N) is 1. The van der Waals surface area contributed by atoms with Gasteiger partial charge in [0.1, 0.15) is 6.20 Å². The van der Waals surface area contributed by atoms with Gasteiger partial charge in [0.2, 0.25) is 0 Å². The fraction of sp³-hybridized carbons (Fsp3) is 0.167. The third kappa shape index (κ3) is 5.53. The number of benzene rings is 2. The van der Waals surface area contributed by atoms with Crippen LogP contribution in [0.1, 0.15) is 17.0 Å². The first kappa shape index (κ1) is 23.5. The first-order valence-electron chi connectivity index (χ1n) is 8.46.